The van der Waals surface area contributed by atoms with E-state index in [0.717, 1.165) is 13.1 Å². The maximum absolute atomic E-state index is 12.8. The predicted molar refractivity (Wildman–Crippen MR) is 72.3 cm³/mol. The van der Waals surface area contributed by atoms with Gasteiger partial charge in [-0.15, -0.1) is 12.4 Å². The average Bonchev–Trinajstić information content (AvgIpc) is 2.89. The Bertz CT molecular complexity index is 537. The van der Waals surface area contributed by atoms with Gasteiger partial charge in [0.15, 0.2) is 0 Å². The zero-order valence-corrected chi connectivity index (χ0v) is 11.9. The Hall–Kier alpha value is -0.690. The number of benzene rings is 1. The number of rotatable bonds is 2. The molecule has 2 heterocycles. The van der Waals surface area contributed by atoms with Gasteiger partial charge in [0.25, 0.3) is 0 Å². The van der Waals surface area contributed by atoms with E-state index < -0.39 is 15.8 Å². The molecule has 106 valence electrons. The van der Waals surface area contributed by atoms with Crippen LogP contribution in [0.5, 0.6) is 0 Å². The molecule has 0 spiro atoms. The number of sulfonamides is 1. The minimum absolute atomic E-state index is 0. The van der Waals surface area contributed by atoms with Crippen molar-refractivity contribution < 1.29 is 12.8 Å². The van der Waals surface area contributed by atoms with Crippen molar-refractivity contribution in [2.45, 2.75) is 4.90 Å². The number of fused-ring (bicyclic) bond motifs is 1. The first kappa shape index (κ1) is 14.7. The van der Waals surface area contributed by atoms with Crippen molar-refractivity contribution in [2.24, 2.45) is 11.8 Å². The van der Waals surface area contributed by atoms with Gasteiger partial charge in [-0.05, 0) is 49.2 Å². The second kappa shape index (κ2) is 5.36. The first-order chi connectivity index (χ1) is 8.57. The summed E-state index contributed by atoms with van der Waals surface area (Å²) in [7, 11) is -3.46. The third-order valence-corrected chi connectivity index (χ3v) is 5.65. The maximum atomic E-state index is 12.8. The lowest BCUT2D eigenvalue weighted by molar-refractivity contribution is 0.448. The molecule has 2 saturated heterocycles. The number of nitrogens with one attached hydrogen (secondary N) is 1. The third-order valence-electron chi connectivity index (χ3n) is 3.81. The lowest BCUT2D eigenvalue weighted by Crippen LogP contribution is -2.31. The molecule has 0 saturated carbocycles. The zero-order valence-electron chi connectivity index (χ0n) is 10.3. The minimum atomic E-state index is -3.46. The molecule has 1 aromatic rings. The molecule has 1 aromatic carbocycles. The van der Waals surface area contributed by atoms with Crippen molar-refractivity contribution in [3.05, 3.63) is 30.1 Å². The van der Waals surface area contributed by atoms with E-state index in [2.05, 4.69) is 5.32 Å². The van der Waals surface area contributed by atoms with Crippen molar-refractivity contribution in [2.75, 3.05) is 26.2 Å². The van der Waals surface area contributed by atoms with Gasteiger partial charge < -0.3 is 5.32 Å². The first-order valence-electron chi connectivity index (χ1n) is 6.04. The van der Waals surface area contributed by atoms with Crippen LogP contribution in [0.15, 0.2) is 29.2 Å². The van der Waals surface area contributed by atoms with E-state index in [9.17, 15) is 12.8 Å². The van der Waals surface area contributed by atoms with Gasteiger partial charge in [0.1, 0.15) is 5.82 Å². The highest BCUT2D eigenvalue weighted by Crippen LogP contribution is 2.30. The maximum Gasteiger partial charge on any atom is 0.243 e. The molecule has 0 radical (unpaired) electrons. The van der Waals surface area contributed by atoms with Gasteiger partial charge in [0.05, 0.1) is 4.90 Å². The van der Waals surface area contributed by atoms with Gasteiger partial charge >= 0.3 is 0 Å². The summed E-state index contributed by atoms with van der Waals surface area (Å²) < 4.78 is 39.1. The van der Waals surface area contributed by atoms with E-state index in [1.165, 1.54) is 28.6 Å². The minimum Gasteiger partial charge on any atom is -0.316 e. The Balaban J connectivity index is 0.00000133. The number of nitrogens with zero attached hydrogens (tertiary/aromatic N) is 1. The van der Waals surface area contributed by atoms with Crippen LogP contribution >= 0.6 is 12.4 Å². The normalized spacial score (nSPS) is 27.0. The van der Waals surface area contributed by atoms with Crippen LogP contribution in [0.25, 0.3) is 0 Å². The Labute approximate surface area is 118 Å². The van der Waals surface area contributed by atoms with Crippen LogP contribution in [0, 0.1) is 17.7 Å². The molecule has 0 aliphatic carbocycles. The molecule has 0 aromatic heterocycles. The molecule has 1 N–H and O–H groups in total. The quantitative estimate of drug-likeness (QED) is 0.890. The Morgan fingerprint density at radius 1 is 1.11 bits per heavy atom. The summed E-state index contributed by atoms with van der Waals surface area (Å²) in [6, 6.07) is 5.03. The first-order valence-corrected chi connectivity index (χ1v) is 7.48. The second-order valence-corrected chi connectivity index (χ2v) is 6.89. The Morgan fingerprint density at radius 3 is 2.16 bits per heavy atom. The third kappa shape index (κ3) is 2.63. The summed E-state index contributed by atoms with van der Waals surface area (Å²) in [5.74, 6) is 0.414. The van der Waals surface area contributed by atoms with Gasteiger partial charge in [-0.2, -0.15) is 4.31 Å². The summed E-state index contributed by atoms with van der Waals surface area (Å²) in [6.07, 6.45) is 0. The highest BCUT2D eigenvalue weighted by Gasteiger charge is 2.41. The van der Waals surface area contributed by atoms with Crippen LogP contribution in [0.1, 0.15) is 0 Å². The van der Waals surface area contributed by atoms with Crippen LogP contribution < -0.4 is 5.32 Å². The van der Waals surface area contributed by atoms with E-state index in [4.69, 9.17) is 0 Å². The smallest absolute Gasteiger partial charge is 0.243 e. The van der Waals surface area contributed by atoms with Crippen molar-refractivity contribution in [3.63, 3.8) is 0 Å². The van der Waals surface area contributed by atoms with E-state index >= 15 is 0 Å². The van der Waals surface area contributed by atoms with Crippen molar-refractivity contribution >= 4 is 22.4 Å². The fourth-order valence-electron chi connectivity index (χ4n) is 2.76. The molecule has 0 unspecified atom stereocenters. The monoisotopic (exact) mass is 306 g/mol. The van der Waals surface area contributed by atoms with Gasteiger partial charge in [0.2, 0.25) is 10.0 Å². The molecular formula is C12H16ClFN2O2S. The SMILES string of the molecule is Cl.O=S(=O)(c1ccc(F)cc1)N1C[C@H]2CNC[C@H]2C1. The fraction of sp³-hybridized carbons (Fsp3) is 0.500. The summed E-state index contributed by atoms with van der Waals surface area (Å²) in [5.41, 5.74) is 0. The highest BCUT2D eigenvalue weighted by atomic mass is 35.5. The average molecular weight is 307 g/mol. The van der Waals surface area contributed by atoms with Gasteiger partial charge in [0, 0.05) is 13.1 Å². The van der Waals surface area contributed by atoms with E-state index in [1.807, 2.05) is 0 Å². The molecule has 19 heavy (non-hydrogen) atoms. The van der Waals surface area contributed by atoms with Crippen molar-refractivity contribution in [1.82, 2.24) is 9.62 Å². The standard InChI is InChI=1S/C12H15FN2O2S.ClH/c13-11-1-3-12(4-2-11)18(16,17)15-7-9-5-14-6-10(9)8-15;/h1-4,9-10,14H,5-8H2;1H/t9-,10+;. The molecule has 3 rings (SSSR count). The molecular weight excluding hydrogens is 291 g/mol. The van der Waals surface area contributed by atoms with Crippen LogP contribution in [-0.2, 0) is 10.0 Å². The molecule has 2 aliphatic heterocycles. The summed E-state index contributed by atoms with van der Waals surface area (Å²) >= 11 is 0. The number of hydrogen-bond donors (Lipinski definition) is 1. The summed E-state index contributed by atoms with van der Waals surface area (Å²) in [6.45, 7) is 2.91. The summed E-state index contributed by atoms with van der Waals surface area (Å²) in [5, 5.41) is 3.27. The lowest BCUT2D eigenvalue weighted by Gasteiger charge is -2.17. The molecule has 0 bridgehead atoms. The molecule has 7 heteroatoms. The molecule has 2 aliphatic rings. The van der Waals surface area contributed by atoms with Gasteiger partial charge in [-0.25, -0.2) is 12.8 Å². The second-order valence-electron chi connectivity index (χ2n) is 4.95. The van der Waals surface area contributed by atoms with Crippen LogP contribution in [0.3, 0.4) is 0 Å². The summed E-state index contributed by atoms with van der Waals surface area (Å²) in [4.78, 5) is 0.178. The molecule has 2 fully saturated rings. The molecule has 2 atom stereocenters. The van der Waals surface area contributed by atoms with Gasteiger partial charge in [-0.1, -0.05) is 0 Å². The van der Waals surface area contributed by atoms with E-state index in [0.29, 0.717) is 24.9 Å². The molecule has 0 amide bonds. The van der Waals surface area contributed by atoms with Crippen LogP contribution in [-0.4, -0.2) is 38.9 Å². The lowest BCUT2D eigenvalue weighted by atomic mass is 10.0. The van der Waals surface area contributed by atoms with Crippen LogP contribution in [0.2, 0.25) is 0 Å². The largest absolute Gasteiger partial charge is 0.316 e. The number of halogens is 2. The van der Waals surface area contributed by atoms with Crippen molar-refractivity contribution in [1.29, 1.82) is 0 Å². The van der Waals surface area contributed by atoms with E-state index in [-0.39, 0.29) is 17.3 Å². The van der Waals surface area contributed by atoms with Crippen molar-refractivity contribution in [3.8, 4) is 0 Å². The number of hydrogen-bond acceptors (Lipinski definition) is 3. The zero-order chi connectivity index (χ0) is 12.8. The fourth-order valence-corrected chi connectivity index (χ4v) is 4.32. The highest BCUT2D eigenvalue weighted by molar-refractivity contribution is 7.89. The van der Waals surface area contributed by atoms with E-state index in [1.54, 1.807) is 0 Å². The Kier molecular flexibility index (Phi) is 4.15. The predicted octanol–water partition coefficient (Wildman–Crippen LogP) is 1.09. The van der Waals surface area contributed by atoms with Crippen LogP contribution in [0.4, 0.5) is 4.39 Å². The topological polar surface area (TPSA) is 49.4 Å². The van der Waals surface area contributed by atoms with Gasteiger partial charge in [-0.3, -0.25) is 0 Å². The Morgan fingerprint density at radius 2 is 1.63 bits per heavy atom. The molecule has 4 nitrogen and oxygen atoms in total.